The largest absolute Gasteiger partial charge is 0.494 e. The smallest absolute Gasteiger partial charge is 0.411 e. The van der Waals surface area contributed by atoms with Gasteiger partial charge in [-0.25, -0.2) is 9.79 Å². The summed E-state index contributed by atoms with van der Waals surface area (Å²) in [6.45, 7) is 1.03. The SMILES string of the molecule is C#C/C=C\C(=C/CCl)C(=NC(NC)=C(N)OC(N)=O)C(CN)=NC[C@@H]1CCCC2=C1N(P)[C@H](c1ccncc1)CO2. The molecule has 0 aromatic carbocycles. The van der Waals surface area contributed by atoms with Gasteiger partial charge in [-0.3, -0.25) is 9.98 Å². The van der Waals surface area contributed by atoms with Gasteiger partial charge in [-0.2, -0.15) is 0 Å². The zero-order chi connectivity index (χ0) is 29.8. The molecule has 218 valence electrons. The van der Waals surface area contributed by atoms with Gasteiger partial charge in [0.05, 0.1) is 23.2 Å². The van der Waals surface area contributed by atoms with Gasteiger partial charge in [0, 0.05) is 50.7 Å². The molecule has 0 saturated carbocycles. The normalized spacial score (nSPS) is 20.7. The number of pyridine rings is 1. The van der Waals surface area contributed by atoms with Crippen molar-refractivity contribution >= 4 is 38.5 Å². The molecule has 7 N–H and O–H groups in total. The molecule has 0 spiro atoms. The lowest BCUT2D eigenvalue weighted by molar-refractivity contribution is 0.0924. The molecule has 3 atom stereocenters. The molecule has 1 aliphatic carbocycles. The van der Waals surface area contributed by atoms with Gasteiger partial charge in [0.2, 0.25) is 5.88 Å². The summed E-state index contributed by atoms with van der Waals surface area (Å²) in [5, 5.41) is 2.81. The maximum Gasteiger partial charge on any atom is 0.411 e. The fraction of sp³-hybridized carbons (Fsp3) is 0.357. The van der Waals surface area contributed by atoms with Gasteiger partial charge in [-0.05, 0) is 57.7 Å². The van der Waals surface area contributed by atoms with Crippen LogP contribution in [-0.2, 0) is 9.47 Å². The summed E-state index contributed by atoms with van der Waals surface area (Å²) in [6.07, 6.45) is 15.6. The number of terminal acetylenes is 1. The van der Waals surface area contributed by atoms with E-state index in [9.17, 15) is 4.79 Å². The number of nitrogens with one attached hydrogen (secondary N) is 1. The van der Waals surface area contributed by atoms with Gasteiger partial charge in [-0.15, -0.1) is 18.0 Å². The van der Waals surface area contributed by atoms with Crippen molar-refractivity contribution in [1.82, 2.24) is 15.0 Å². The molecule has 1 amide bonds. The lowest BCUT2D eigenvalue weighted by Crippen LogP contribution is -2.36. The summed E-state index contributed by atoms with van der Waals surface area (Å²) in [7, 11) is 4.43. The second-order valence-electron chi connectivity index (χ2n) is 9.06. The molecule has 13 heteroatoms. The second kappa shape index (κ2) is 15.8. The van der Waals surface area contributed by atoms with Crippen molar-refractivity contribution in [3.05, 3.63) is 77.1 Å². The minimum Gasteiger partial charge on any atom is -0.494 e. The molecule has 41 heavy (non-hydrogen) atoms. The summed E-state index contributed by atoms with van der Waals surface area (Å²) in [5.41, 5.74) is 20.9. The molecule has 0 bridgehead atoms. The minimum atomic E-state index is -1.08. The molecule has 2 heterocycles. The number of allylic oxidation sites excluding steroid dienone is 5. The predicted octanol–water partition coefficient (Wildman–Crippen LogP) is 2.85. The van der Waals surface area contributed by atoms with E-state index in [2.05, 4.69) is 35.3 Å². The molecule has 3 rings (SSSR count). The van der Waals surface area contributed by atoms with Crippen LogP contribution in [0.4, 0.5) is 4.79 Å². The van der Waals surface area contributed by atoms with Crippen molar-refractivity contribution in [3.63, 3.8) is 0 Å². The van der Waals surface area contributed by atoms with Crippen LogP contribution in [0.25, 0.3) is 0 Å². The number of hydrogen-bond donors (Lipinski definition) is 4. The fourth-order valence-corrected chi connectivity index (χ4v) is 5.45. The number of nitrogens with two attached hydrogens (primary N) is 3. The number of aliphatic imine (C=N–C) groups is 2. The van der Waals surface area contributed by atoms with E-state index < -0.39 is 6.09 Å². The van der Waals surface area contributed by atoms with Crippen molar-refractivity contribution < 1.29 is 14.3 Å². The third kappa shape index (κ3) is 8.33. The number of alkyl halides is 1. The summed E-state index contributed by atoms with van der Waals surface area (Å²) in [5.74, 6) is 3.42. The first kappa shape index (κ1) is 31.7. The highest BCUT2D eigenvalue weighted by atomic mass is 35.5. The number of amides is 1. The van der Waals surface area contributed by atoms with Crippen LogP contribution in [-0.4, -0.2) is 59.8 Å². The van der Waals surface area contributed by atoms with E-state index >= 15 is 0 Å². The average molecular weight is 599 g/mol. The standard InChI is InChI=1S/C28H36ClN8O3P/c1-3-4-6-19(9-12-29)24(36-27(33-2)26(31)40-28(32)38)21(15-30)35-16-20-7-5-8-23-25(20)37(41)22(17-39-23)18-10-13-34-14-11-18/h1,4,6,9-11,13-14,20,22,33H,5,7-8,12,15-17,30-31,41H2,2H3,(H2,32,38)/b6-4-,19-9+,27-26?,35-21?,36-24?/t20-,22-/m0/s1. The van der Waals surface area contributed by atoms with Gasteiger partial charge in [0.1, 0.15) is 12.4 Å². The molecular formula is C28H36ClN8O3P. The molecular weight excluding hydrogens is 563 g/mol. The molecule has 1 aliphatic heterocycles. The number of halogens is 1. The summed E-state index contributed by atoms with van der Waals surface area (Å²) < 4.78 is 13.3. The van der Waals surface area contributed by atoms with Gasteiger partial charge in [-0.1, -0.05) is 12.0 Å². The molecule has 1 unspecified atom stereocenters. The molecule has 1 aromatic rings. The number of hydrogen-bond acceptors (Lipinski definition) is 10. The zero-order valence-corrected chi connectivity index (χ0v) is 24.8. The van der Waals surface area contributed by atoms with E-state index in [0.29, 0.717) is 30.1 Å². The maximum atomic E-state index is 11.3. The Bertz CT molecular complexity index is 1320. The molecule has 11 nitrogen and oxygen atoms in total. The average Bonchev–Trinajstić information content (AvgIpc) is 2.97. The van der Waals surface area contributed by atoms with Crippen LogP contribution in [0.1, 0.15) is 30.9 Å². The number of primary amides is 1. The van der Waals surface area contributed by atoms with E-state index in [1.54, 1.807) is 31.6 Å². The van der Waals surface area contributed by atoms with E-state index in [-0.39, 0.29) is 36.1 Å². The topological polar surface area (TPSA) is 166 Å². The second-order valence-corrected chi connectivity index (χ2v) is 9.93. The summed E-state index contributed by atoms with van der Waals surface area (Å²) in [4.78, 5) is 25.0. The van der Waals surface area contributed by atoms with Crippen LogP contribution in [0.2, 0.25) is 0 Å². The fourth-order valence-electron chi connectivity index (χ4n) is 4.67. The van der Waals surface area contributed by atoms with E-state index in [4.69, 9.17) is 49.7 Å². The quantitative estimate of drug-likeness (QED) is 0.0753. The number of aromatic nitrogens is 1. The van der Waals surface area contributed by atoms with Crippen LogP contribution in [0.3, 0.4) is 0 Å². The highest BCUT2D eigenvalue weighted by Gasteiger charge is 2.35. The van der Waals surface area contributed by atoms with Crippen molar-refractivity contribution in [1.29, 1.82) is 0 Å². The van der Waals surface area contributed by atoms with Gasteiger partial charge in [0.25, 0.3) is 0 Å². The van der Waals surface area contributed by atoms with Crippen LogP contribution >= 0.6 is 21.0 Å². The Morgan fingerprint density at radius 3 is 2.80 bits per heavy atom. The highest BCUT2D eigenvalue weighted by Crippen LogP contribution is 2.43. The van der Waals surface area contributed by atoms with Gasteiger partial charge < -0.3 is 36.7 Å². The van der Waals surface area contributed by atoms with Crippen LogP contribution in [0, 0.1) is 18.3 Å². The Hall–Kier alpha value is -3.84. The summed E-state index contributed by atoms with van der Waals surface area (Å²) >= 11 is 6.07. The van der Waals surface area contributed by atoms with Gasteiger partial charge in [0.15, 0.2) is 5.82 Å². The number of carbonyl (C=O) groups is 1. The van der Waals surface area contributed by atoms with Crippen molar-refractivity contribution in [3.8, 4) is 12.3 Å². The first-order valence-corrected chi connectivity index (χ1v) is 14.1. The van der Waals surface area contributed by atoms with E-state index in [1.807, 2.05) is 12.1 Å². The lowest BCUT2D eigenvalue weighted by atomic mass is 9.89. The Kier molecular flexibility index (Phi) is 12.2. The van der Waals surface area contributed by atoms with Crippen molar-refractivity contribution in [2.24, 2.45) is 33.1 Å². The Labute approximate surface area is 247 Å². The van der Waals surface area contributed by atoms with Crippen molar-refractivity contribution in [2.45, 2.75) is 25.3 Å². The third-order valence-electron chi connectivity index (χ3n) is 6.55. The third-order valence-corrected chi connectivity index (χ3v) is 7.34. The molecule has 0 saturated heterocycles. The zero-order valence-electron chi connectivity index (χ0n) is 22.9. The predicted molar refractivity (Wildman–Crippen MR) is 165 cm³/mol. The van der Waals surface area contributed by atoms with Gasteiger partial charge >= 0.3 is 6.09 Å². The number of ether oxygens (including phenoxy) is 2. The monoisotopic (exact) mass is 598 g/mol. The number of carbonyl (C=O) groups excluding carboxylic acids is 1. The first-order valence-electron chi connectivity index (χ1n) is 13.0. The van der Waals surface area contributed by atoms with Crippen LogP contribution in [0.15, 0.2) is 81.5 Å². The Balaban J connectivity index is 2.02. The van der Waals surface area contributed by atoms with E-state index in [0.717, 1.165) is 36.3 Å². The highest BCUT2D eigenvalue weighted by molar-refractivity contribution is 7.13. The van der Waals surface area contributed by atoms with Crippen LogP contribution in [0.5, 0.6) is 0 Å². The lowest BCUT2D eigenvalue weighted by Gasteiger charge is -2.42. The molecule has 1 aromatic heterocycles. The number of nitrogens with zero attached hydrogens (tertiary/aromatic N) is 4. The van der Waals surface area contributed by atoms with Crippen molar-refractivity contribution in [2.75, 3.05) is 32.6 Å². The number of rotatable bonds is 11. The molecule has 2 aliphatic rings. The molecule has 0 fully saturated rings. The summed E-state index contributed by atoms with van der Waals surface area (Å²) in [6, 6.07) is 4.02. The minimum absolute atomic E-state index is 0.0288. The molecule has 0 radical (unpaired) electrons. The Morgan fingerprint density at radius 2 is 2.17 bits per heavy atom. The first-order chi connectivity index (χ1) is 19.8. The maximum absolute atomic E-state index is 11.3. The van der Waals surface area contributed by atoms with Crippen LogP contribution < -0.4 is 22.5 Å². The van der Waals surface area contributed by atoms with E-state index in [1.165, 1.54) is 6.08 Å². The Morgan fingerprint density at radius 1 is 1.41 bits per heavy atom.